The maximum atomic E-state index is 11.3. The van der Waals surface area contributed by atoms with Crippen molar-refractivity contribution in [3.63, 3.8) is 0 Å². The van der Waals surface area contributed by atoms with E-state index in [1.165, 1.54) is 0 Å². The summed E-state index contributed by atoms with van der Waals surface area (Å²) in [6.45, 7) is 0. The number of unbranched alkanes of at least 4 members (excludes halogenated alkanes) is 1. The molecule has 7 heteroatoms. The molecule has 0 saturated carbocycles. The summed E-state index contributed by atoms with van der Waals surface area (Å²) in [7, 11) is 0. The number of carboxylic acid groups (broad SMARTS) is 1. The Morgan fingerprint density at radius 1 is 1.10 bits per heavy atom. The second kappa shape index (κ2) is 6.36. The van der Waals surface area contributed by atoms with Crippen LogP contribution in [0.5, 0.6) is 0 Å². The summed E-state index contributed by atoms with van der Waals surface area (Å²) in [4.78, 5) is 37.7. The third kappa shape index (κ3) is 3.79. The minimum absolute atomic E-state index is 0.0823. The normalized spacial score (nSPS) is 12.4. The van der Waals surface area contributed by atoms with Crippen LogP contribution in [0, 0.1) is 0 Å². The second-order valence-electron chi connectivity index (χ2n) is 4.87. The van der Waals surface area contributed by atoms with E-state index in [4.69, 9.17) is 5.11 Å². The molecule has 0 aliphatic rings. The lowest BCUT2D eigenvalue weighted by atomic mass is 10.0. The monoisotopic (exact) mass is 292 g/mol. The van der Waals surface area contributed by atoms with E-state index < -0.39 is 23.2 Å². The zero-order chi connectivity index (χ0) is 15.4. The average Bonchev–Trinajstić information content (AvgIpc) is 2.44. The largest absolute Gasteiger partial charge is 0.481 e. The zero-order valence-corrected chi connectivity index (χ0v) is 11.3. The van der Waals surface area contributed by atoms with Crippen molar-refractivity contribution >= 4 is 17.0 Å². The summed E-state index contributed by atoms with van der Waals surface area (Å²) in [6, 6.07) is 4.88. The van der Waals surface area contributed by atoms with Crippen LogP contribution in [0.2, 0.25) is 0 Å². The molecule has 0 aliphatic carbocycles. The molecule has 0 radical (unpaired) electrons. The molecule has 1 aromatic carbocycles. The number of hydrogen-bond donors (Lipinski definition) is 4. The number of rotatable bonds is 6. The fourth-order valence-electron chi connectivity index (χ4n) is 2.12. The highest BCUT2D eigenvalue weighted by molar-refractivity contribution is 5.74. The highest BCUT2D eigenvalue weighted by atomic mass is 16.4. The van der Waals surface area contributed by atoms with Gasteiger partial charge >= 0.3 is 17.1 Å². The van der Waals surface area contributed by atoms with Crippen molar-refractivity contribution in [1.82, 2.24) is 9.97 Å². The third-order valence-corrected chi connectivity index (χ3v) is 3.25. The topological polar surface area (TPSA) is 123 Å². The standard InChI is InChI=1S/C14H16N2O5/c17-11(3-1-2-4-12(18)19)8-5-6-9-10(7-8)16-14(21)13(20)15-9/h5-7,11,17H,1-4H2,(H,15,20)(H,16,21)(H,18,19). The first-order valence-corrected chi connectivity index (χ1v) is 6.63. The van der Waals surface area contributed by atoms with Crippen molar-refractivity contribution in [2.24, 2.45) is 0 Å². The number of hydrogen-bond acceptors (Lipinski definition) is 4. The van der Waals surface area contributed by atoms with Gasteiger partial charge in [0.2, 0.25) is 0 Å². The van der Waals surface area contributed by atoms with Crippen LogP contribution in [0.4, 0.5) is 0 Å². The van der Waals surface area contributed by atoms with E-state index >= 15 is 0 Å². The van der Waals surface area contributed by atoms with Crippen LogP contribution >= 0.6 is 0 Å². The molecule has 7 nitrogen and oxygen atoms in total. The Labute approximate surface area is 119 Å². The highest BCUT2D eigenvalue weighted by Gasteiger charge is 2.09. The molecule has 0 fully saturated rings. The van der Waals surface area contributed by atoms with Crippen molar-refractivity contribution < 1.29 is 15.0 Å². The number of benzene rings is 1. The van der Waals surface area contributed by atoms with Gasteiger partial charge in [0.25, 0.3) is 0 Å². The zero-order valence-electron chi connectivity index (χ0n) is 11.3. The fraction of sp³-hybridized carbons (Fsp3) is 0.357. The van der Waals surface area contributed by atoms with Crippen molar-refractivity contribution in [1.29, 1.82) is 0 Å². The van der Waals surface area contributed by atoms with Crippen LogP contribution in [-0.4, -0.2) is 26.2 Å². The van der Waals surface area contributed by atoms with Gasteiger partial charge in [-0.15, -0.1) is 0 Å². The van der Waals surface area contributed by atoms with Gasteiger partial charge < -0.3 is 20.2 Å². The number of carbonyl (C=O) groups is 1. The quantitative estimate of drug-likeness (QED) is 0.465. The van der Waals surface area contributed by atoms with Gasteiger partial charge in [0.15, 0.2) is 0 Å². The van der Waals surface area contributed by atoms with E-state index in [1.54, 1.807) is 18.2 Å². The molecule has 1 unspecified atom stereocenters. The summed E-state index contributed by atoms with van der Waals surface area (Å²) in [5, 5.41) is 18.6. The van der Waals surface area contributed by atoms with Gasteiger partial charge in [-0.3, -0.25) is 14.4 Å². The van der Waals surface area contributed by atoms with Crippen LogP contribution in [0.3, 0.4) is 0 Å². The Hall–Kier alpha value is -2.41. The summed E-state index contributed by atoms with van der Waals surface area (Å²) in [6.07, 6.45) is 0.877. The number of carboxylic acids is 1. The number of aromatic amines is 2. The molecule has 0 bridgehead atoms. The molecule has 1 atom stereocenters. The predicted octanol–water partition coefficient (Wildman–Crippen LogP) is 0.895. The number of H-pyrrole nitrogens is 2. The second-order valence-corrected chi connectivity index (χ2v) is 4.87. The Balaban J connectivity index is 2.11. The van der Waals surface area contributed by atoms with E-state index in [2.05, 4.69) is 9.97 Å². The van der Waals surface area contributed by atoms with Crippen molar-refractivity contribution in [3.8, 4) is 0 Å². The molecule has 0 amide bonds. The number of aliphatic hydroxyl groups excluding tert-OH is 1. The minimum atomic E-state index is -0.850. The van der Waals surface area contributed by atoms with Crippen LogP contribution in [0.15, 0.2) is 27.8 Å². The highest BCUT2D eigenvalue weighted by Crippen LogP contribution is 2.21. The number of aliphatic carboxylic acids is 1. The van der Waals surface area contributed by atoms with Gasteiger partial charge in [0, 0.05) is 6.42 Å². The lowest BCUT2D eigenvalue weighted by molar-refractivity contribution is -0.137. The number of aliphatic hydroxyl groups is 1. The van der Waals surface area contributed by atoms with Gasteiger partial charge in [-0.1, -0.05) is 6.07 Å². The van der Waals surface area contributed by atoms with Crippen LogP contribution in [0.25, 0.3) is 11.0 Å². The smallest absolute Gasteiger partial charge is 0.314 e. The Morgan fingerprint density at radius 2 is 1.76 bits per heavy atom. The van der Waals surface area contributed by atoms with E-state index in [9.17, 15) is 19.5 Å². The molecular weight excluding hydrogens is 276 g/mol. The molecule has 0 aliphatic heterocycles. The molecule has 2 rings (SSSR count). The van der Waals surface area contributed by atoms with Crippen LogP contribution in [0.1, 0.15) is 37.4 Å². The van der Waals surface area contributed by atoms with Crippen LogP contribution in [-0.2, 0) is 4.79 Å². The Bertz CT molecular complexity index is 762. The molecule has 1 aromatic heterocycles. The summed E-state index contributed by atoms with van der Waals surface area (Å²) >= 11 is 0. The number of fused-ring (bicyclic) bond motifs is 1. The van der Waals surface area contributed by atoms with Crippen molar-refractivity contribution in [2.45, 2.75) is 31.8 Å². The summed E-state index contributed by atoms with van der Waals surface area (Å²) in [5.41, 5.74) is 0.0868. The van der Waals surface area contributed by atoms with E-state index in [1.807, 2.05) is 0 Å². The molecule has 2 aromatic rings. The Morgan fingerprint density at radius 3 is 2.43 bits per heavy atom. The number of aromatic nitrogens is 2. The maximum Gasteiger partial charge on any atom is 0.314 e. The first kappa shape index (κ1) is 15.0. The molecule has 21 heavy (non-hydrogen) atoms. The lowest BCUT2D eigenvalue weighted by Crippen LogP contribution is -2.28. The summed E-state index contributed by atoms with van der Waals surface area (Å²) in [5.74, 6) is -0.850. The minimum Gasteiger partial charge on any atom is -0.481 e. The van der Waals surface area contributed by atoms with E-state index in [-0.39, 0.29) is 6.42 Å². The average molecular weight is 292 g/mol. The summed E-state index contributed by atoms with van der Waals surface area (Å²) < 4.78 is 0. The SMILES string of the molecule is O=C(O)CCCCC(O)c1ccc2[nH]c(=O)c(=O)[nH]c2c1. The fourth-order valence-corrected chi connectivity index (χ4v) is 2.12. The molecule has 0 spiro atoms. The molecule has 112 valence electrons. The van der Waals surface area contributed by atoms with Gasteiger partial charge in [-0.25, -0.2) is 0 Å². The molecule has 4 N–H and O–H groups in total. The number of nitrogens with one attached hydrogen (secondary N) is 2. The van der Waals surface area contributed by atoms with Crippen molar-refractivity contribution in [3.05, 3.63) is 44.5 Å². The van der Waals surface area contributed by atoms with Gasteiger partial charge in [0.05, 0.1) is 17.1 Å². The van der Waals surface area contributed by atoms with Gasteiger partial charge in [0.1, 0.15) is 0 Å². The molecular formula is C14H16N2O5. The molecule has 0 saturated heterocycles. The molecule has 1 heterocycles. The van der Waals surface area contributed by atoms with Crippen molar-refractivity contribution in [2.75, 3.05) is 0 Å². The third-order valence-electron chi connectivity index (χ3n) is 3.25. The predicted molar refractivity (Wildman–Crippen MR) is 76.3 cm³/mol. The first-order chi connectivity index (χ1) is 9.97. The van der Waals surface area contributed by atoms with Gasteiger partial charge in [-0.2, -0.15) is 0 Å². The van der Waals surface area contributed by atoms with Gasteiger partial charge in [-0.05, 0) is 37.0 Å². The Kier molecular flexibility index (Phi) is 4.54. The first-order valence-electron chi connectivity index (χ1n) is 6.63. The van der Waals surface area contributed by atoms with E-state index in [0.29, 0.717) is 35.9 Å². The lowest BCUT2D eigenvalue weighted by Gasteiger charge is -2.11. The maximum absolute atomic E-state index is 11.3. The van der Waals surface area contributed by atoms with E-state index in [0.717, 1.165) is 0 Å². The van der Waals surface area contributed by atoms with Crippen LogP contribution < -0.4 is 11.1 Å².